The zero-order valence-corrected chi connectivity index (χ0v) is 12.0. The Labute approximate surface area is 122 Å². The molecule has 3 rings (SSSR count). The van der Waals surface area contributed by atoms with Gasteiger partial charge < -0.3 is 9.42 Å². The van der Waals surface area contributed by atoms with Crippen LogP contribution in [0.3, 0.4) is 0 Å². The number of aryl methyl sites for hydroxylation is 1. The molecule has 0 saturated carbocycles. The highest BCUT2D eigenvalue weighted by Crippen LogP contribution is 2.33. The van der Waals surface area contributed by atoms with Crippen LogP contribution < -0.4 is 4.90 Å². The number of piperidine rings is 1. The molecule has 1 aliphatic heterocycles. The molecule has 0 amide bonds. The van der Waals surface area contributed by atoms with Crippen LogP contribution in [0.1, 0.15) is 30.0 Å². The standard InChI is InChI=1S/C15H16ClFN2O/c1-10-13(9-20-18-10)11-4-6-19(7-5-11)15-3-2-12(16)8-14(15)17/h2-3,8-9,11H,4-7H2,1H3. The molecule has 0 bridgehead atoms. The topological polar surface area (TPSA) is 29.3 Å². The Morgan fingerprint density at radius 3 is 2.70 bits per heavy atom. The molecule has 3 nitrogen and oxygen atoms in total. The molecule has 1 aliphatic rings. The van der Waals surface area contributed by atoms with Crippen molar-refractivity contribution < 1.29 is 8.91 Å². The highest BCUT2D eigenvalue weighted by atomic mass is 35.5. The van der Waals surface area contributed by atoms with Crippen LogP contribution in [0.25, 0.3) is 0 Å². The largest absolute Gasteiger partial charge is 0.369 e. The van der Waals surface area contributed by atoms with Crippen molar-refractivity contribution in [1.82, 2.24) is 5.16 Å². The fraction of sp³-hybridized carbons (Fsp3) is 0.400. The molecule has 106 valence electrons. The van der Waals surface area contributed by atoms with Gasteiger partial charge in [0.05, 0.1) is 11.4 Å². The summed E-state index contributed by atoms with van der Waals surface area (Å²) in [6.07, 6.45) is 3.69. The molecule has 1 fully saturated rings. The predicted molar refractivity (Wildman–Crippen MR) is 76.8 cm³/mol. The molecule has 0 unspecified atom stereocenters. The summed E-state index contributed by atoms with van der Waals surface area (Å²) in [6.45, 7) is 3.62. The quantitative estimate of drug-likeness (QED) is 0.833. The summed E-state index contributed by atoms with van der Waals surface area (Å²) < 4.78 is 18.9. The van der Waals surface area contributed by atoms with E-state index in [1.807, 2.05) is 6.92 Å². The molecule has 0 aliphatic carbocycles. The molecule has 0 spiro atoms. The second-order valence-electron chi connectivity index (χ2n) is 5.21. The van der Waals surface area contributed by atoms with Crippen molar-refractivity contribution in [2.24, 2.45) is 0 Å². The van der Waals surface area contributed by atoms with E-state index in [2.05, 4.69) is 10.1 Å². The summed E-state index contributed by atoms with van der Waals surface area (Å²) in [5.41, 5.74) is 2.78. The lowest BCUT2D eigenvalue weighted by Gasteiger charge is -2.33. The second kappa shape index (κ2) is 5.44. The van der Waals surface area contributed by atoms with Crippen LogP contribution in [0.15, 0.2) is 29.0 Å². The van der Waals surface area contributed by atoms with Gasteiger partial charge in [-0.25, -0.2) is 4.39 Å². The first kappa shape index (κ1) is 13.4. The average Bonchev–Trinajstić information content (AvgIpc) is 2.85. The Kier molecular flexibility index (Phi) is 3.66. The van der Waals surface area contributed by atoms with E-state index in [9.17, 15) is 4.39 Å². The summed E-state index contributed by atoms with van der Waals surface area (Å²) in [7, 11) is 0. The third-order valence-electron chi connectivity index (χ3n) is 3.97. The SMILES string of the molecule is Cc1nocc1C1CCN(c2ccc(Cl)cc2F)CC1. The summed E-state index contributed by atoms with van der Waals surface area (Å²) in [5.74, 6) is 0.199. The molecule has 1 saturated heterocycles. The zero-order valence-electron chi connectivity index (χ0n) is 11.3. The van der Waals surface area contributed by atoms with Crippen molar-refractivity contribution in [2.75, 3.05) is 18.0 Å². The van der Waals surface area contributed by atoms with Gasteiger partial charge in [0.2, 0.25) is 0 Å². The molecule has 20 heavy (non-hydrogen) atoms. The van der Waals surface area contributed by atoms with Crippen molar-refractivity contribution in [3.05, 3.63) is 46.6 Å². The van der Waals surface area contributed by atoms with Crippen LogP contribution in [0.4, 0.5) is 10.1 Å². The normalized spacial score (nSPS) is 16.6. The maximum absolute atomic E-state index is 13.9. The molecule has 2 aromatic rings. The van der Waals surface area contributed by atoms with Crippen LogP contribution >= 0.6 is 11.6 Å². The third-order valence-corrected chi connectivity index (χ3v) is 4.21. The predicted octanol–water partition coefficient (Wildman–Crippen LogP) is 4.16. The molecule has 1 aromatic carbocycles. The molecule has 5 heteroatoms. The molecule has 0 N–H and O–H groups in total. The van der Waals surface area contributed by atoms with E-state index in [0.29, 0.717) is 16.6 Å². The van der Waals surface area contributed by atoms with Crippen molar-refractivity contribution in [1.29, 1.82) is 0 Å². The Hall–Kier alpha value is -1.55. The molecule has 2 heterocycles. The van der Waals surface area contributed by atoms with Crippen LogP contribution in [0, 0.1) is 12.7 Å². The number of aromatic nitrogens is 1. The lowest BCUT2D eigenvalue weighted by Crippen LogP contribution is -2.33. The zero-order chi connectivity index (χ0) is 14.1. The number of halogens is 2. The van der Waals surface area contributed by atoms with Gasteiger partial charge in [-0.05, 0) is 43.9 Å². The average molecular weight is 295 g/mol. The van der Waals surface area contributed by atoms with Crippen molar-refractivity contribution >= 4 is 17.3 Å². The molecule has 1 aromatic heterocycles. The highest BCUT2D eigenvalue weighted by Gasteiger charge is 2.24. The van der Waals surface area contributed by atoms with E-state index in [1.165, 1.54) is 11.6 Å². The molecular weight excluding hydrogens is 279 g/mol. The number of hydrogen-bond donors (Lipinski definition) is 0. The molecule has 0 atom stereocenters. The Balaban J connectivity index is 1.71. The lowest BCUT2D eigenvalue weighted by molar-refractivity contribution is 0.412. The van der Waals surface area contributed by atoms with Crippen molar-refractivity contribution in [3.8, 4) is 0 Å². The first-order chi connectivity index (χ1) is 9.65. The third kappa shape index (κ3) is 2.52. The Morgan fingerprint density at radius 1 is 1.35 bits per heavy atom. The van der Waals surface area contributed by atoms with Gasteiger partial charge in [0.25, 0.3) is 0 Å². The van der Waals surface area contributed by atoms with Gasteiger partial charge >= 0.3 is 0 Å². The fourth-order valence-corrected chi connectivity index (χ4v) is 3.02. The van der Waals surface area contributed by atoms with Crippen LogP contribution in [-0.4, -0.2) is 18.2 Å². The smallest absolute Gasteiger partial charge is 0.147 e. The lowest BCUT2D eigenvalue weighted by atomic mass is 9.90. The number of nitrogens with zero attached hydrogens (tertiary/aromatic N) is 2. The Bertz CT molecular complexity index is 606. The summed E-state index contributed by atoms with van der Waals surface area (Å²) in [4.78, 5) is 2.07. The van der Waals surface area contributed by atoms with Gasteiger partial charge in [-0.15, -0.1) is 0 Å². The van der Waals surface area contributed by atoms with Crippen LogP contribution in [-0.2, 0) is 0 Å². The van der Waals surface area contributed by atoms with Gasteiger partial charge in [0.1, 0.15) is 12.1 Å². The number of hydrogen-bond acceptors (Lipinski definition) is 3. The van der Waals surface area contributed by atoms with Gasteiger partial charge in [0, 0.05) is 23.7 Å². The Morgan fingerprint density at radius 2 is 2.10 bits per heavy atom. The number of rotatable bonds is 2. The van der Waals surface area contributed by atoms with Gasteiger partial charge in [0.15, 0.2) is 0 Å². The molecule has 0 radical (unpaired) electrons. The van der Waals surface area contributed by atoms with E-state index in [0.717, 1.165) is 31.6 Å². The van der Waals surface area contributed by atoms with Crippen molar-refractivity contribution in [3.63, 3.8) is 0 Å². The summed E-state index contributed by atoms with van der Waals surface area (Å²) in [6, 6.07) is 4.85. The first-order valence-electron chi connectivity index (χ1n) is 6.76. The van der Waals surface area contributed by atoms with Gasteiger partial charge in [-0.2, -0.15) is 0 Å². The maximum atomic E-state index is 13.9. The van der Waals surface area contributed by atoms with Gasteiger partial charge in [-0.3, -0.25) is 0 Å². The van der Waals surface area contributed by atoms with Crippen LogP contribution in [0.5, 0.6) is 0 Å². The molecular formula is C15H16ClFN2O. The summed E-state index contributed by atoms with van der Waals surface area (Å²) in [5, 5.41) is 4.36. The number of benzene rings is 1. The van der Waals surface area contributed by atoms with Crippen molar-refractivity contribution in [2.45, 2.75) is 25.7 Å². The monoisotopic (exact) mass is 294 g/mol. The van der Waals surface area contributed by atoms with E-state index in [-0.39, 0.29) is 5.82 Å². The minimum Gasteiger partial charge on any atom is -0.369 e. The van der Waals surface area contributed by atoms with E-state index < -0.39 is 0 Å². The minimum absolute atomic E-state index is 0.253. The van der Waals surface area contributed by atoms with E-state index in [1.54, 1.807) is 18.4 Å². The van der Waals surface area contributed by atoms with Gasteiger partial charge in [-0.1, -0.05) is 16.8 Å². The number of anilines is 1. The fourth-order valence-electron chi connectivity index (χ4n) is 2.86. The van der Waals surface area contributed by atoms with E-state index >= 15 is 0 Å². The van der Waals surface area contributed by atoms with E-state index in [4.69, 9.17) is 16.1 Å². The first-order valence-corrected chi connectivity index (χ1v) is 7.14. The second-order valence-corrected chi connectivity index (χ2v) is 5.65. The highest BCUT2D eigenvalue weighted by molar-refractivity contribution is 6.30. The van der Waals surface area contributed by atoms with Crippen LogP contribution in [0.2, 0.25) is 5.02 Å². The minimum atomic E-state index is -0.253. The maximum Gasteiger partial charge on any atom is 0.147 e. The summed E-state index contributed by atoms with van der Waals surface area (Å²) >= 11 is 5.79.